The van der Waals surface area contributed by atoms with Gasteiger partial charge in [0.05, 0.1) is 19.7 Å². The lowest BCUT2D eigenvalue weighted by Crippen LogP contribution is -3.18. The SMILES string of the molecule is CCOC(=O)[C@@H]1CCC[NH+]([C@@H](C)C(=O)Nc2ccccc2)C1. The summed E-state index contributed by atoms with van der Waals surface area (Å²) in [5.74, 6) is -0.225. The quantitative estimate of drug-likeness (QED) is 0.794. The number of hydrogen-bond acceptors (Lipinski definition) is 3. The van der Waals surface area contributed by atoms with Crippen LogP contribution in [0, 0.1) is 5.92 Å². The summed E-state index contributed by atoms with van der Waals surface area (Å²) >= 11 is 0. The molecule has 0 aromatic heterocycles. The summed E-state index contributed by atoms with van der Waals surface area (Å²) in [6.07, 6.45) is 1.80. The lowest BCUT2D eigenvalue weighted by molar-refractivity contribution is -0.921. The zero-order chi connectivity index (χ0) is 15.9. The van der Waals surface area contributed by atoms with Gasteiger partial charge in [-0.3, -0.25) is 9.59 Å². The average Bonchev–Trinajstić information content (AvgIpc) is 2.55. The topological polar surface area (TPSA) is 59.8 Å². The molecular weight excluding hydrogens is 280 g/mol. The molecule has 1 aliphatic rings. The van der Waals surface area contributed by atoms with Crippen molar-refractivity contribution in [2.24, 2.45) is 5.92 Å². The molecule has 1 aliphatic heterocycles. The number of piperidine rings is 1. The predicted octanol–water partition coefficient (Wildman–Crippen LogP) is 0.872. The number of esters is 1. The van der Waals surface area contributed by atoms with Gasteiger partial charge in [-0.2, -0.15) is 0 Å². The van der Waals surface area contributed by atoms with E-state index in [-0.39, 0.29) is 23.8 Å². The third-order valence-electron chi connectivity index (χ3n) is 4.23. The Balaban J connectivity index is 1.92. The molecule has 2 N–H and O–H groups in total. The molecule has 2 rings (SSSR count). The van der Waals surface area contributed by atoms with Gasteiger partial charge in [-0.1, -0.05) is 18.2 Å². The smallest absolute Gasteiger partial charge is 0.314 e. The maximum Gasteiger partial charge on any atom is 0.314 e. The summed E-state index contributed by atoms with van der Waals surface area (Å²) in [6, 6.07) is 9.27. The molecule has 0 saturated carbocycles. The van der Waals surface area contributed by atoms with Crippen LogP contribution in [0.5, 0.6) is 0 Å². The van der Waals surface area contributed by atoms with Gasteiger partial charge < -0.3 is 15.0 Å². The maximum absolute atomic E-state index is 12.4. The molecule has 0 bridgehead atoms. The van der Waals surface area contributed by atoms with Crippen LogP contribution in [0.1, 0.15) is 26.7 Å². The van der Waals surface area contributed by atoms with Crippen LogP contribution in [0.15, 0.2) is 30.3 Å². The molecule has 22 heavy (non-hydrogen) atoms. The van der Waals surface area contributed by atoms with Crippen molar-refractivity contribution in [3.63, 3.8) is 0 Å². The standard InChI is InChI=1S/C17H24N2O3/c1-3-22-17(21)14-8-7-11-19(12-14)13(2)16(20)18-15-9-5-4-6-10-15/h4-6,9-10,13-14H,3,7-8,11-12H2,1-2H3,(H,18,20)/p+1/t13-,14+/m0/s1. The molecule has 1 aromatic rings. The Hall–Kier alpha value is -1.88. The summed E-state index contributed by atoms with van der Waals surface area (Å²) in [5.41, 5.74) is 0.803. The van der Waals surface area contributed by atoms with Gasteiger partial charge in [0, 0.05) is 5.69 Å². The Morgan fingerprint density at radius 2 is 2.09 bits per heavy atom. The van der Waals surface area contributed by atoms with E-state index in [1.54, 1.807) is 0 Å². The second-order valence-corrected chi connectivity index (χ2v) is 5.78. The minimum Gasteiger partial charge on any atom is -0.466 e. The zero-order valence-corrected chi connectivity index (χ0v) is 13.3. The van der Waals surface area contributed by atoms with Crippen LogP contribution >= 0.6 is 0 Å². The number of carbonyl (C=O) groups excluding carboxylic acids is 2. The number of ether oxygens (including phenoxy) is 1. The fraction of sp³-hybridized carbons (Fsp3) is 0.529. The molecule has 0 radical (unpaired) electrons. The van der Waals surface area contributed by atoms with Gasteiger partial charge in [0.15, 0.2) is 6.04 Å². The molecule has 5 nitrogen and oxygen atoms in total. The highest BCUT2D eigenvalue weighted by Gasteiger charge is 2.34. The van der Waals surface area contributed by atoms with E-state index >= 15 is 0 Å². The molecule has 0 aliphatic carbocycles. The fourth-order valence-corrected chi connectivity index (χ4v) is 2.91. The summed E-state index contributed by atoms with van der Waals surface area (Å²) in [5, 5.41) is 2.93. The van der Waals surface area contributed by atoms with Crippen LogP contribution in [0.4, 0.5) is 5.69 Å². The zero-order valence-electron chi connectivity index (χ0n) is 13.3. The van der Waals surface area contributed by atoms with E-state index in [1.807, 2.05) is 44.2 Å². The molecule has 120 valence electrons. The number of nitrogens with one attached hydrogen (secondary N) is 2. The Labute approximate surface area is 131 Å². The highest BCUT2D eigenvalue weighted by atomic mass is 16.5. The largest absolute Gasteiger partial charge is 0.466 e. The van der Waals surface area contributed by atoms with E-state index in [0.29, 0.717) is 13.2 Å². The molecule has 0 spiro atoms. The van der Waals surface area contributed by atoms with Crippen LogP contribution in [-0.2, 0) is 14.3 Å². The van der Waals surface area contributed by atoms with Crippen LogP contribution in [-0.4, -0.2) is 37.6 Å². The Morgan fingerprint density at radius 1 is 1.36 bits per heavy atom. The molecule has 1 saturated heterocycles. The van der Waals surface area contributed by atoms with Crippen molar-refractivity contribution in [1.82, 2.24) is 0 Å². The first kappa shape index (κ1) is 16.5. The third-order valence-corrected chi connectivity index (χ3v) is 4.23. The van der Waals surface area contributed by atoms with Crippen LogP contribution in [0.2, 0.25) is 0 Å². The number of anilines is 1. The van der Waals surface area contributed by atoms with Crippen LogP contribution in [0.3, 0.4) is 0 Å². The van der Waals surface area contributed by atoms with Gasteiger partial charge in [-0.05, 0) is 38.8 Å². The molecule has 3 atom stereocenters. The van der Waals surface area contributed by atoms with Crippen molar-refractivity contribution in [1.29, 1.82) is 0 Å². The number of benzene rings is 1. The Kier molecular flexibility index (Phi) is 5.95. The van der Waals surface area contributed by atoms with E-state index < -0.39 is 0 Å². The van der Waals surface area contributed by atoms with Gasteiger partial charge in [-0.25, -0.2) is 0 Å². The summed E-state index contributed by atoms with van der Waals surface area (Å²) < 4.78 is 5.11. The van der Waals surface area contributed by atoms with E-state index in [4.69, 9.17) is 4.74 Å². The van der Waals surface area contributed by atoms with E-state index in [1.165, 1.54) is 0 Å². The number of quaternary nitrogens is 1. The molecule has 1 unspecified atom stereocenters. The Morgan fingerprint density at radius 3 is 2.77 bits per heavy atom. The first-order valence-electron chi connectivity index (χ1n) is 7.99. The van der Waals surface area contributed by atoms with E-state index in [9.17, 15) is 9.59 Å². The first-order valence-corrected chi connectivity index (χ1v) is 7.99. The number of hydrogen-bond donors (Lipinski definition) is 2. The van der Waals surface area contributed by atoms with Crippen molar-refractivity contribution in [3.05, 3.63) is 30.3 Å². The summed E-state index contributed by atoms with van der Waals surface area (Å²) in [6.45, 7) is 5.73. The third kappa shape index (κ3) is 4.31. The second kappa shape index (κ2) is 7.94. The lowest BCUT2D eigenvalue weighted by Gasteiger charge is -2.32. The monoisotopic (exact) mass is 305 g/mol. The van der Waals surface area contributed by atoms with Crippen LogP contribution < -0.4 is 10.2 Å². The molecular formula is C17H25N2O3+. The molecule has 1 aromatic carbocycles. The number of amides is 1. The molecule has 1 amide bonds. The van der Waals surface area contributed by atoms with Gasteiger partial charge in [0.25, 0.3) is 5.91 Å². The fourth-order valence-electron chi connectivity index (χ4n) is 2.91. The van der Waals surface area contributed by atoms with Gasteiger partial charge >= 0.3 is 5.97 Å². The van der Waals surface area contributed by atoms with E-state index in [2.05, 4.69) is 5.32 Å². The normalized spacial score (nSPS) is 22.6. The highest BCUT2D eigenvalue weighted by Crippen LogP contribution is 2.10. The number of rotatable bonds is 5. The van der Waals surface area contributed by atoms with Crippen molar-refractivity contribution < 1.29 is 19.2 Å². The summed E-state index contributed by atoms with van der Waals surface area (Å²) in [4.78, 5) is 25.4. The van der Waals surface area contributed by atoms with Crippen LogP contribution in [0.25, 0.3) is 0 Å². The Bertz CT molecular complexity index is 504. The first-order chi connectivity index (χ1) is 10.6. The minimum absolute atomic E-state index is 0.00860. The van der Waals surface area contributed by atoms with Crippen molar-refractivity contribution in [2.75, 3.05) is 25.0 Å². The molecule has 5 heteroatoms. The minimum atomic E-state index is -0.183. The lowest BCUT2D eigenvalue weighted by atomic mass is 9.97. The molecule has 1 fully saturated rings. The second-order valence-electron chi connectivity index (χ2n) is 5.78. The number of carbonyl (C=O) groups is 2. The number of para-hydroxylation sites is 1. The van der Waals surface area contributed by atoms with Gasteiger partial charge in [0.2, 0.25) is 0 Å². The van der Waals surface area contributed by atoms with Crippen molar-refractivity contribution in [3.8, 4) is 0 Å². The average molecular weight is 305 g/mol. The predicted molar refractivity (Wildman–Crippen MR) is 84.6 cm³/mol. The van der Waals surface area contributed by atoms with Gasteiger partial charge in [-0.15, -0.1) is 0 Å². The number of likely N-dealkylation sites (tertiary alicyclic amines) is 1. The molecule has 1 heterocycles. The van der Waals surface area contributed by atoms with E-state index in [0.717, 1.165) is 30.0 Å². The van der Waals surface area contributed by atoms with Crippen molar-refractivity contribution in [2.45, 2.75) is 32.7 Å². The summed E-state index contributed by atoms with van der Waals surface area (Å²) in [7, 11) is 0. The van der Waals surface area contributed by atoms with Crippen molar-refractivity contribution >= 4 is 17.6 Å². The maximum atomic E-state index is 12.4. The highest BCUT2D eigenvalue weighted by molar-refractivity contribution is 5.93. The van der Waals surface area contributed by atoms with Gasteiger partial charge in [0.1, 0.15) is 5.92 Å².